The number of fused-ring (bicyclic) bond motifs is 1. The molecular weight excluding hydrogens is 276 g/mol. The van der Waals surface area contributed by atoms with E-state index in [2.05, 4.69) is 59.9 Å². The number of nitrogens with zero attached hydrogens (tertiary/aromatic N) is 1. The minimum absolute atomic E-state index is 0.260. The van der Waals surface area contributed by atoms with Crippen molar-refractivity contribution in [2.45, 2.75) is 26.3 Å². The van der Waals surface area contributed by atoms with Gasteiger partial charge in [-0.3, -0.25) is 4.98 Å². The van der Waals surface area contributed by atoms with Crippen LogP contribution >= 0.6 is 11.3 Å². The van der Waals surface area contributed by atoms with Crippen LogP contribution in [0.1, 0.15) is 35.9 Å². The van der Waals surface area contributed by atoms with Crippen LogP contribution in [0.2, 0.25) is 0 Å². The van der Waals surface area contributed by atoms with Crippen LogP contribution in [0.25, 0.3) is 10.8 Å². The van der Waals surface area contributed by atoms with Gasteiger partial charge in [-0.2, -0.15) is 0 Å². The van der Waals surface area contributed by atoms with Gasteiger partial charge < -0.3 is 5.32 Å². The lowest BCUT2D eigenvalue weighted by Gasteiger charge is -2.20. The van der Waals surface area contributed by atoms with E-state index in [0.29, 0.717) is 0 Å². The van der Waals surface area contributed by atoms with Crippen molar-refractivity contribution in [2.24, 2.45) is 0 Å². The molecule has 0 amide bonds. The molecule has 3 aromatic rings. The van der Waals surface area contributed by atoms with Gasteiger partial charge in [0.25, 0.3) is 0 Å². The van der Waals surface area contributed by atoms with Crippen molar-refractivity contribution < 1.29 is 0 Å². The third-order valence-electron chi connectivity index (χ3n) is 3.86. The zero-order chi connectivity index (χ0) is 14.7. The van der Waals surface area contributed by atoms with Crippen molar-refractivity contribution in [1.29, 1.82) is 0 Å². The number of aromatic nitrogens is 1. The van der Waals surface area contributed by atoms with Gasteiger partial charge >= 0.3 is 0 Å². The number of pyridine rings is 1. The maximum Gasteiger partial charge on any atom is 0.0679 e. The van der Waals surface area contributed by atoms with Crippen LogP contribution < -0.4 is 5.32 Å². The molecule has 2 aromatic heterocycles. The molecule has 108 valence electrons. The number of benzene rings is 1. The van der Waals surface area contributed by atoms with Gasteiger partial charge in [-0.05, 0) is 47.0 Å². The molecule has 0 aliphatic rings. The monoisotopic (exact) mass is 296 g/mol. The van der Waals surface area contributed by atoms with Crippen molar-refractivity contribution >= 4 is 22.1 Å². The maximum absolute atomic E-state index is 4.24. The van der Waals surface area contributed by atoms with E-state index in [1.54, 1.807) is 0 Å². The van der Waals surface area contributed by atoms with E-state index in [1.807, 2.05) is 23.7 Å². The zero-order valence-electron chi connectivity index (χ0n) is 12.5. The predicted octanol–water partition coefficient (Wildman–Crippen LogP) is 4.56. The second-order valence-electron chi connectivity index (χ2n) is 5.10. The Hall–Kier alpha value is -1.71. The molecule has 1 aromatic carbocycles. The van der Waals surface area contributed by atoms with Crippen molar-refractivity contribution in [2.75, 3.05) is 6.54 Å². The molecule has 0 saturated carbocycles. The molecule has 0 aliphatic heterocycles. The predicted molar refractivity (Wildman–Crippen MR) is 91.0 cm³/mol. The van der Waals surface area contributed by atoms with Crippen molar-refractivity contribution in [3.8, 4) is 0 Å². The van der Waals surface area contributed by atoms with Crippen LogP contribution in [0.3, 0.4) is 0 Å². The topological polar surface area (TPSA) is 24.9 Å². The third-order valence-corrected chi connectivity index (χ3v) is 4.88. The van der Waals surface area contributed by atoms with E-state index in [1.165, 1.54) is 26.8 Å². The Bertz CT molecular complexity index is 727. The summed E-state index contributed by atoms with van der Waals surface area (Å²) in [4.78, 5) is 5.67. The van der Waals surface area contributed by atoms with Gasteiger partial charge in [-0.15, -0.1) is 11.3 Å². The summed E-state index contributed by atoms with van der Waals surface area (Å²) in [6.07, 6.45) is 4.90. The van der Waals surface area contributed by atoms with Crippen LogP contribution in [-0.4, -0.2) is 11.5 Å². The minimum Gasteiger partial charge on any atom is -0.306 e. The lowest BCUT2D eigenvalue weighted by atomic mass is 9.96. The van der Waals surface area contributed by atoms with Gasteiger partial charge in [0, 0.05) is 22.7 Å². The molecule has 1 atom stereocenters. The maximum atomic E-state index is 4.24. The van der Waals surface area contributed by atoms with Gasteiger partial charge in [0.2, 0.25) is 0 Å². The Balaban J connectivity index is 2.16. The molecule has 3 rings (SSSR count). The fourth-order valence-corrected chi connectivity index (χ4v) is 3.93. The molecule has 3 heteroatoms. The van der Waals surface area contributed by atoms with E-state index in [4.69, 9.17) is 0 Å². The molecule has 1 unspecified atom stereocenters. The van der Waals surface area contributed by atoms with E-state index < -0.39 is 0 Å². The van der Waals surface area contributed by atoms with E-state index in [0.717, 1.165) is 13.0 Å². The van der Waals surface area contributed by atoms with Gasteiger partial charge in [0.05, 0.1) is 6.04 Å². The molecular formula is C18H20N2S. The molecule has 0 spiro atoms. The first-order chi connectivity index (χ1) is 10.3. The second-order valence-corrected chi connectivity index (χ2v) is 6.05. The van der Waals surface area contributed by atoms with Gasteiger partial charge in [-0.25, -0.2) is 0 Å². The average Bonchev–Trinajstić information content (AvgIpc) is 3.00. The van der Waals surface area contributed by atoms with E-state index in [-0.39, 0.29) is 6.04 Å². The molecule has 0 bridgehead atoms. The average molecular weight is 296 g/mol. The highest BCUT2D eigenvalue weighted by atomic mass is 32.1. The number of hydrogen-bond acceptors (Lipinski definition) is 3. The highest BCUT2D eigenvalue weighted by Gasteiger charge is 2.19. The highest BCUT2D eigenvalue weighted by Crippen LogP contribution is 2.33. The number of thiophene rings is 1. The third kappa shape index (κ3) is 2.71. The summed E-state index contributed by atoms with van der Waals surface area (Å²) in [6.45, 7) is 5.34. The van der Waals surface area contributed by atoms with Gasteiger partial charge in [0.1, 0.15) is 0 Å². The SMILES string of the molecule is CCNC(c1sccc1CC)c1cccc2cnccc12. The summed E-state index contributed by atoms with van der Waals surface area (Å²) in [7, 11) is 0. The standard InChI is InChI=1S/C18H20N2S/c1-3-13-9-11-21-18(13)17(20-4-2)16-7-5-6-14-12-19-10-8-15(14)16/h5-12,17,20H,3-4H2,1-2H3. The molecule has 0 fully saturated rings. The van der Waals surface area contributed by atoms with Gasteiger partial charge in [0.15, 0.2) is 0 Å². The van der Waals surface area contributed by atoms with Crippen LogP contribution in [0.5, 0.6) is 0 Å². The normalized spacial score (nSPS) is 12.7. The van der Waals surface area contributed by atoms with Crippen LogP contribution in [0.4, 0.5) is 0 Å². The number of rotatable bonds is 5. The minimum atomic E-state index is 0.260. The molecule has 21 heavy (non-hydrogen) atoms. The Morgan fingerprint density at radius 1 is 1.19 bits per heavy atom. The molecule has 0 aliphatic carbocycles. The molecule has 1 N–H and O–H groups in total. The first-order valence-electron chi connectivity index (χ1n) is 7.47. The van der Waals surface area contributed by atoms with E-state index >= 15 is 0 Å². The molecule has 0 radical (unpaired) electrons. The highest BCUT2D eigenvalue weighted by molar-refractivity contribution is 7.10. The Morgan fingerprint density at radius 3 is 2.90 bits per heavy atom. The first kappa shape index (κ1) is 14.2. The lowest BCUT2D eigenvalue weighted by Crippen LogP contribution is -2.22. The van der Waals surface area contributed by atoms with Crippen molar-refractivity contribution in [3.05, 3.63) is 64.1 Å². The van der Waals surface area contributed by atoms with Crippen LogP contribution in [0, 0.1) is 0 Å². The summed E-state index contributed by atoms with van der Waals surface area (Å²) >= 11 is 1.85. The summed E-state index contributed by atoms with van der Waals surface area (Å²) in [5.41, 5.74) is 2.78. The lowest BCUT2D eigenvalue weighted by molar-refractivity contribution is 0.639. The number of aryl methyl sites for hydroxylation is 1. The van der Waals surface area contributed by atoms with Crippen molar-refractivity contribution in [1.82, 2.24) is 10.3 Å². The van der Waals surface area contributed by atoms with Crippen molar-refractivity contribution in [3.63, 3.8) is 0 Å². The van der Waals surface area contributed by atoms with Crippen LogP contribution in [0.15, 0.2) is 48.1 Å². The Morgan fingerprint density at radius 2 is 2.10 bits per heavy atom. The molecule has 0 saturated heterocycles. The number of nitrogens with one attached hydrogen (secondary N) is 1. The van der Waals surface area contributed by atoms with Gasteiger partial charge in [-0.1, -0.05) is 32.0 Å². The van der Waals surface area contributed by atoms with Crippen LogP contribution in [-0.2, 0) is 6.42 Å². The molecule has 2 nitrogen and oxygen atoms in total. The quantitative estimate of drug-likeness (QED) is 0.746. The summed E-state index contributed by atoms with van der Waals surface area (Å²) in [5.74, 6) is 0. The summed E-state index contributed by atoms with van der Waals surface area (Å²) < 4.78 is 0. The zero-order valence-corrected chi connectivity index (χ0v) is 13.3. The summed E-state index contributed by atoms with van der Waals surface area (Å²) in [5, 5.41) is 8.35. The fraction of sp³-hybridized carbons (Fsp3) is 0.278. The first-order valence-corrected chi connectivity index (χ1v) is 8.35. The molecule has 2 heterocycles. The fourth-order valence-electron chi connectivity index (χ4n) is 2.84. The largest absolute Gasteiger partial charge is 0.306 e. The number of hydrogen-bond donors (Lipinski definition) is 1. The van der Waals surface area contributed by atoms with E-state index in [9.17, 15) is 0 Å². The Kier molecular flexibility index (Phi) is 4.32. The second kappa shape index (κ2) is 6.37. The Labute approximate surface area is 129 Å². The summed E-state index contributed by atoms with van der Waals surface area (Å²) in [6, 6.07) is 11.1. The smallest absolute Gasteiger partial charge is 0.0679 e.